The number of fused-ring (bicyclic) bond motifs is 1. The third-order valence-corrected chi connectivity index (χ3v) is 11.4. The first-order valence-electron chi connectivity index (χ1n) is 11.8. The number of H-pyrrole nitrogens is 1. The fourth-order valence-electron chi connectivity index (χ4n) is 3.90. The second kappa shape index (κ2) is 9.61. The summed E-state index contributed by atoms with van der Waals surface area (Å²) in [6.07, 6.45) is -0.281. The molecule has 0 bridgehead atoms. The molecule has 184 valence electrons. The van der Waals surface area contributed by atoms with Gasteiger partial charge in [-0.05, 0) is 92.3 Å². The minimum Gasteiger partial charge on any atom is -0.414 e. The first-order valence-corrected chi connectivity index (χ1v) is 15.1. The van der Waals surface area contributed by atoms with Gasteiger partial charge in [0.25, 0.3) is 0 Å². The lowest BCUT2D eigenvalue weighted by molar-refractivity contribution is -0.0799. The summed E-state index contributed by atoms with van der Waals surface area (Å²) in [5, 5.41) is 1.74. The number of rotatable bonds is 6. The van der Waals surface area contributed by atoms with Gasteiger partial charge < -0.3 is 14.1 Å². The van der Waals surface area contributed by atoms with Crippen molar-refractivity contribution in [3.63, 3.8) is 0 Å². The number of hydrogen-bond acceptors (Lipinski definition) is 3. The smallest absolute Gasteiger partial charge is 0.248 e. The van der Waals surface area contributed by atoms with Crippen molar-refractivity contribution in [3.8, 4) is 11.1 Å². The number of aryl methyl sites for hydroxylation is 1. The maximum atomic E-state index is 12.1. The van der Waals surface area contributed by atoms with Crippen molar-refractivity contribution in [2.45, 2.75) is 78.3 Å². The van der Waals surface area contributed by atoms with Crippen LogP contribution < -0.4 is 5.56 Å². The summed E-state index contributed by atoms with van der Waals surface area (Å²) in [6.45, 7) is 20.0. The van der Waals surface area contributed by atoms with Crippen LogP contribution in [0.1, 0.15) is 58.8 Å². The lowest BCUT2D eigenvalue weighted by atomic mass is 9.88. The van der Waals surface area contributed by atoms with Crippen LogP contribution in [0, 0.1) is 6.92 Å². The molecular weight excluding hydrogens is 462 g/mol. The topological polar surface area (TPSA) is 51.3 Å². The molecule has 1 N–H and O–H groups in total. The quantitative estimate of drug-likeness (QED) is 0.349. The monoisotopic (exact) mass is 499 g/mol. The van der Waals surface area contributed by atoms with E-state index in [0.29, 0.717) is 11.6 Å². The van der Waals surface area contributed by atoms with Crippen LogP contribution in [0.5, 0.6) is 0 Å². The highest BCUT2D eigenvalue weighted by molar-refractivity contribution is 6.74. The van der Waals surface area contributed by atoms with Crippen molar-refractivity contribution in [1.29, 1.82) is 0 Å². The Bertz CT molecular complexity index is 1220. The van der Waals surface area contributed by atoms with Crippen LogP contribution in [0.4, 0.5) is 0 Å². The van der Waals surface area contributed by atoms with Gasteiger partial charge in [-0.15, -0.1) is 0 Å². The predicted octanol–water partition coefficient (Wildman–Crippen LogP) is 8.03. The zero-order valence-electron chi connectivity index (χ0n) is 21.9. The van der Waals surface area contributed by atoms with Crippen molar-refractivity contribution in [1.82, 2.24) is 4.98 Å². The Hall–Kier alpha value is -1.92. The first kappa shape index (κ1) is 26.7. The first-order chi connectivity index (χ1) is 15.6. The molecule has 1 heterocycles. The molecule has 1 aromatic heterocycles. The fourth-order valence-corrected chi connectivity index (χ4v) is 5.03. The minimum absolute atomic E-state index is 0.0935. The van der Waals surface area contributed by atoms with Crippen LogP contribution in [-0.2, 0) is 9.16 Å². The van der Waals surface area contributed by atoms with Crippen LogP contribution in [0.2, 0.25) is 23.2 Å². The SMILES string of the molecule is Cc1cc2[nH]c(=O)ccc2c(-c2ccc(Cl)cc2)c1C(CO[Si](C)(C)C(C)(C)C)OC(C)(C)C. The third-order valence-electron chi connectivity index (χ3n) is 6.63. The Morgan fingerprint density at radius 3 is 2.18 bits per heavy atom. The van der Waals surface area contributed by atoms with Gasteiger partial charge in [-0.1, -0.05) is 44.5 Å². The van der Waals surface area contributed by atoms with Crippen LogP contribution >= 0.6 is 11.6 Å². The van der Waals surface area contributed by atoms with Gasteiger partial charge in [0.15, 0.2) is 8.32 Å². The highest BCUT2D eigenvalue weighted by atomic mass is 35.5. The molecule has 0 radical (unpaired) electrons. The predicted molar refractivity (Wildman–Crippen MR) is 146 cm³/mol. The highest BCUT2D eigenvalue weighted by Gasteiger charge is 2.38. The molecule has 0 spiro atoms. The highest BCUT2D eigenvalue weighted by Crippen LogP contribution is 2.42. The normalized spacial score (nSPS) is 13.9. The fraction of sp³-hybridized carbons (Fsp3) is 0.464. The zero-order valence-corrected chi connectivity index (χ0v) is 23.7. The van der Waals surface area contributed by atoms with Gasteiger partial charge in [-0.25, -0.2) is 0 Å². The van der Waals surface area contributed by atoms with Gasteiger partial charge in [-0.2, -0.15) is 0 Å². The number of pyridine rings is 1. The molecule has 0 fully saturated rings. The molecule has 3 rings (SSSR count). The van der Waals surface area contributed by atoms with E-state index in [1.165, 1.54) is 0 Å². The maximum absolute atomic E-state index is 12.1. The van der Waals surface area contributed by atoms with Crippen LogP contribution in [-0.4, -0.2) is 25.5 Å². The lowest BCUT2D eigenvalue weighted by Gasteiger charge is -2.39. The maximum Gasteiger partial charge on any atom is 0.248 e. The molecule has 1 unspecified atom stereocenters. The van der Waals surface area contributed by atoms with E-state index in [2.05, 4.69) is 66.5 Å². The number of hydrogen-bond donors (Lipinski definition) is 1. The zero-order chi connectivity index (χ0) is 25.5. The van der Waals surface area contributed by atoms with E-state index in [0.717, 1.165) is 33.2 Å². The number of benzene rings is 2. The van der Waals surface area contributed by atoms with E-state index in [4.69, 9.17) is 20.8 Å². The number of aromatic nitrogens is 1. The van der Waals surface area contributed by atoms with Gasteiger partial charge in [0, 0.05) is 22.0 Å². The Kier molecular flexibility index (Phi) is 7.54. The molecule has 4 nitrogen and oxygen atoms in total. The molecule has 6 heteroatoms. The van der Waals surface area contributed by atoms with Gasteiger partial charge in [-0.3, -0.25) is 4.79 Å². The van der Waals surface area contributed by atoms with E-state index < -0.39 is 8.32 Å². The van der Waals surface area contributed by atoms with Gasteiger partial charge >= 0.3 is 0 Å². The molecule has 0 aliphatic rings. The molecular formula is C28H38ClNO3Si. The molecule has 3 aromatic rings. The third kappa shape index (κ3) is 6.00. The van der Waals surface area contributed by atoms with Crippen LogP contribution in [0.25, 0.3) is 22.0 Å². The summed E-state index contributed by atoms with van der Waals surface area (Å²) in [6, 6.07) is 13.3. The van der Waals surface area contributed by atoms with Crippen LogP contribution in [0.3, 0.4) is 0 Å². The Morgan fingerprint density at radius 2 is 1.62 bits per heavy atom. The van der Waals surface area contributed by atoms with E-state index in [1.54, 1.807) is 6.07 Å². The van der Waals surface area contributed by atoms with Gasteiger partial charge in [0.2, 0.25) is 5.56 Å². The summed E-state index contributed by atoms with van der Waals surface area (Å²) < 4.78 is 13.4. The largest absolute Gasteiger partial charge is 0.414 e. The molecule has 0 aliphatic heterocycles. The van der Waals surface area contributed by atoms with Gasteiger partial charge in [0.05, 0.1) is 12.2 Å². The molecule has 34 heavy (non-hydrogen) atoms. The number of ether oxygens (including phenoxy) is 1. The van der Waals surface area contributed by atoms with Crippen molar-refractivity contribution in [2.24, 2.45) is 0 Å². The number of aromatic amines is 1. The Labute approximate surface area is 209 Å². The average molecular weight is 500 g/mol. The number of halogens is 1. The summed E-state index contributed by atoms with van der Waals surface area (Å²) in [4.78, 5) is 15.1. The summed E-state index contributed by atoms with van der Waals surface area (Å²) in [7, 11) is -2.00. The molecule has 0 amide bonds. The van der Waals surface area contributed by atoms with E-state index in [-0.39, 0.29) is 22.3 Å². The van der Waals surface area contributed by atoms with E-state index >= 15 is 0 Å². The summed E-state index contributed by atoms with van der Waals surface area (Å²) in [5.74, 6) is 0. The Balaban J connectivity index is 2.26. The minimum atomic E-state index is -2.00. The van der Waals surface area contributed by atoms with Crippen molar-refractivity contribution in [3.05, 3.63) is 69.0 Å². The van der Waals surface area contributed by atoms with Crippen molar-refractivity contribution >= 4 is 30.8 Å². The van der Waals surface area contributed by atoms with Crippen molar-refractivity contribution in [2.75, 3.05) is 6.61 Å². The van der Waals surface area contributed by atoms with E-state index in [9.17, 15) is 4.79 Å². The van der Waals surface area contributed by atoms with Crippen LogP contribution in [0.15, 0.2) is 47.3 Å². The van der Waals surface area contributed by atoms with Gasteiger partial charge in [0.1, 0.15) is 6.10 Å². The number of nitrogens with one attached hydrogen (secondary N) is 1. The van der Waals surface area contributed by atoms with Crippen molar-refractivity contribution < 1.29 is 9.16 Å². The average Bonchev–Trinajstić information content (AvgIpc) is 2.69. The second-order valence-corrected chi connectivity index (χ2v) is 16.8. The Morgan fingerprint density at radius 1 is 1.00 bits per heavy atom. The molecule has 1 atom stereocenters. The molecule has 0 aliphatic carbocycles. The lowest BCUT2D eigenvalue weighted by Crippen LogP contribution is -2.42. The summed E-state index contributed by atoms with van der Waals surface area (Å²) >= 11 is 6.21. The molecule has 2 aromatic carbocycles. The molecule has 0 saturated carbocycles. The molecule has 0 saturated heterocycles. The van der Waals surface area contributed by atoms with E-state index in [1.807, 2.05) is 36.4 Å². The second-order valence-electron chi connectivity index (χ2n) is 11.6. The summed E-state index contributed by atoms with van der Waals surface area (Å²) in [5.41, 5.74) is 4.50. The standard InChI is InChI=1S/C28H38ClNO3Si/c1-18-16-22-21(14-15-24(31)30-22)26(19-10-12-20(29)13-11-19)25(18)23(33-27(2,3)4)17-32-34(8,9)28(5,6)7/h10-16,23H,17H2,1-9H3,(H,30,31).